The lowest BCUT2D eigenvalue weighted by molar-refractivity contribution is -0.0353. The molecule has 0 aromatic heterocycles. The lowest BCUT2D eigenvalue weighted by atomic mass is 9.57. The summed E-state index contributed by atoms with van der Waals surface area (Å²) in [6.45, 7) is 11.6. The zero-order chi connectivity index (χ0) is 10.9. The molecule has 2 heteroatoms. The first-order valence-electron chi connectivity index (χ1n) is 6.35. The topological polar surface area (TPSA) is 21.3 Å². The second kappa shape index (κ2) is 4.06. The van der Waals surface area contributed by atoms with Crippen molar-refractivity contribution in [3.8, 4) is 0 Å². The largest absolute Gasteiger partial charge is 0.381 e. The molecule has 2 aliphatic rings. The summed E-state index contributed by atoms with van der Waals surface area (Å²) in [6, 6.07) is 0. The molecule has 1 N–H and O–H groups in total. The molecule has 88 valence electrons. The minimum atomic E-state index is 0.415. The number of hydrogen-bond acceptors (Lipinski definition) is 2. The van der Waals surface area contributed by atoms with Gasteiger partial charge in [-0.15, -0.1) is 0 Å². The Morgan fingerprint density at radius 1 is 1.20 bits per heavy atom. The predicted octanol–water partition coefficient (Wildman–Crippen LogP) is 2.44. The van der Waals surface area contributed by atoms with Crippen LogP contribution in [0.1, 0.15) is 40.0 Å². The summed E-state index contributed by atoms with van der Waals surface area (Å²) in [5.74, 6) is 0.862. The highest BCUT2D eigenvalue weighted by Crippen LogP contribution is 2.52. The zero-order valence-electron chi connectivity index (χ0n) is 10.4. The average Bonchev–Trinajstić information content (AvgIpc) is 2.68. The van der Waals surface area contributed by atoms with Crippen molar-refractivity contribution in [3.05, 3.63) is 0 Å². The van der Waals surface area contributed by atoms with E-state index in [2.05, 4.69) is 26.1 Å². The van der Waals surface area contributed by atoms with Crippen molar-refractivity contribution >= 4 is 0 Å². The molecule has 2 fully saturated rings. The maximum Gasteiger partial charge on any atom is 0.0468 e. The van der Waals surface area contributed by atoms with E-state index < -0.39 is 0 Å². The molecule has 0 spiro atoms. The van der Waals surface area contributed by atoms with Gasteiger partial charge in [0.2, 0.25) is 0 Å². The summed E-state index contributed by atoms with van der Waals surface area (Å²) in [6.07, 6.45) is 3.87. The van der Waals surface area contributed by atoms with Gasteiger partial charge < -0.3 is 10.1 Å². The smallest absolute Gasteiger partial charge is 0.0468 e. The first kappa shape index (κ1) is 11.4. The number of rotatable bonds is 1. The van der Waals surface area contributed by atoms with E-state index in [-0.39, 0.29) is 0 Å². The second-order valence-corrected chi connectivity index (χ2v) is 6.22. The van der Waals surface area contributed by atoms with Crippen molar-refractivity contribution < 1.29 is 4.74 Å². The van der Waals surface area contributed by atoms with Gasteiger partial charge in [-0.25, -0.2) is 0 Å². The lowest BCUT2D eigenvalue weighted by Gasteiger charge is -2.48. The van der Waals surface area contributed by atoms with Gasteiger partial charge >= 0.3 is 0 Å². The molecule has 2 heterocycles. The molecule has 15 heavy (non-hydrogen) atoms. The monoisotopic (exact) mass is 211 g/mol. The van der Waals surface area contributed by atoms with Crippen molar-refractivity contribution in [1.29, 1.82) is 0 Å². The minimum Gasteiger partial charge on any atom is -0.381 e. The summed E-state index contributed by atoms with van der Waals surface area (Å²) >= 11 is 0. The van der Waals surface area contributed by atoms with E-state index in [0.717, 1.165) is 19.1 Å². The van der Waals surface area contributed by atoms with Crippen molar-refractivity contribution in [2.24, 2.45) is 16.7 Å². The van der Waals surface area contributed by atoms with E-state index in [4.69, 9.17) is 4.74 Å². The molecular weight excluding hydrogens is 186 g/mol. The molecule has 1 unspecified atom stereocenters. The third-order valence-electron chi connectivity index (χ3n) is 4.68. The van der Waals surface area contributed by atoms with Crippen molar-refractivity contribution in [1.82, 2.24) is 5.32 Å². The number of nitrogens with one attached hydrogen (secondary N) is 1. The second-order valence-electron chi connectivity index (χ2n) is 6.22. The summed E-state index contributed by atoms with van der Waals surface area (Å²) in [7, 11) is 0. The molecule has 0 aromatic carbocycles. The van der Waals surface area contributed by atoms with E-state index in [1.165, 1.54) is 32.4 Å². The van der Waals surface area contributed by atoms with E-state index >= 15 is 0 Å². The molecule has 0 aliphatic carbocycles. The summed E-state index contributed by atoms with van der Waals surface area (Å²) in [5, 5.41) is 3.58. The van der Waals surface area contributed by atoms with Gasteiger partial charge in [0.25, 0.3) is 0 Å². The summed E-state index contributed by atoms with van der Waals surface area (Å²) in [5.41, 5.74) is 0.926. The van der Waals surface area contributed by atoms with Crippen LogP contribution in [0.5, 0.6) is 0 Å². The van der Waals surface area contributed by atoms with Crippen LogP contribution in [0.4, 0.5) is 0 Å². The standard InChI is InChI=1S/C13H25NO/c1-12(2,3)13(6-7-14-10-13)11-4-8-15-9-5-11/h11,14H,4-10H2,1-3H3. The van der Waals surface area contributed by atoms with Gasteiger partial charge in [-0.05, 0) is 42.6 Å². The first-order chi connectivity index (χ1) is 7.06. The Kier molecular flexibility index (Phi) is 3.09. The molecule has 2 aliphatic heterocycles. The first-order valence-corrected chi connectivity index (χ1v) is 6.35. The maximum atomic E-state index is 5.50. The third kappa shape index (κ3) is 1.94. The van der Waals surface area contributed by atoms with Crippen molar-refractivity contribution in [3.63, 3.8) is 0 Å². The quantitative estimate of drug-likeness (QED) is 0.719. The Balaban J connectivity index is 2.17. The minimum absolute atomic E-state index is 0.415. The molecule has 0 saturated carbocycles. The molecular formula is C13H25NO. The Labute approximate surface area is 93.8 Å². The average molecular weight is 211 g/mol. The van der Waals surface area contributed by atoms with Crippen LogP contribution in [0.25, 0.3) is 0 Å². The van der Waals surface area contributed by atoms with E-state index in [1.54, 1.807) is 0 Å². The lowest BCUT2D eigenvalue weighted by Crippen LogP contribution is -2.46. The molecule has 0 bridgehead atoms. The highest BCUT2D eigenvalue weighted by molar-refractivity contribution is 5.01. The molecule has 2 nitrogen and oxygen atoms in total. The van der Waals surface area contributed by atoms with Gasteiger partial charge in [0, 0.05) is 19.8 Å². The van der Waals surface area contributed by atoms with Crippen molar-refractivity contribution in [2.75, 3.05) is 26.3 Å². The molecule has 0 aromatic rings. The fourth-order valence-electron chi connectivity index (χ4n) is 3.56. The Morgan fingerprint density at radius 2 is 1.87 bits per heavy atom. The Hall–Kier alpha value is -0.0800. The fraction of sp³-hybridized carbons (Fsp3) is 1.00. The van der Waals surface area contributed by atoms with E-state index in [1.807, 2.05) is 0 Å². The van der Waals surface area contributed by atoms with E-state index in [9.17, 15) is 0 Å². The number of hydrogen-bond donors (Lipinski definition) is 1. The Bertz CT molecular complexity index is 207. The normalized spacial score (nSPS) is 34.6. The van der Waals surface area contributed by atoms with Crippen LogP contribution >= 0.6 is 0 Å². The molecule has 2 saturated heterocycles. The predicted molar refractivity (Wildman–Crippen MR) is 62.9 cm³/mol. The van der Waals surface area contributed by atoms with Crippen molar-refractivity contribution in [2.45, 2.75) is 40.0 Å². The highest BCUT2D eigenvalue weighted by atomic mass is 16.5. The van der Waals surface area contributed by atoms with Crippen LogP contribution in [0.15, 0.2) is 0 Å². The van der Waals surface area contributed by atoms with Crippen LogP contribution in [-0.2, 0) is 4.74 Å². The third-order valence-corrected chi connectivity index (χ3v) is 4.68. The van der Waals surface area contributed by atoms with Gasteiger partial charge in [-0.3, -0.25) is 0 Å². The van der Waals surface area contributed by atoms with E-state index in [0.29, 0.717) is 10.8 Å². The van der Waals surface area contributed by atoms with Gasteiger partial charge in [0.15, 0.2) is 0 Å². The summed E-state index contributed by atoms with van der Waals surface area (Å²) < 4.78 is 5.50. The molecule has 1 atom stereocenters. The zero-order valence-corrected chi connectivity index (χ0v) is 10.4. The highest BCUT2D eigenvalue weighted by Gasteiger charge is 2.49. The van der Waals surface area contributed by atoms with Gasteiger partial charge in [-0.2, -0.15) is 0 Å². The van der Waals surface area contributed by atoms with Crippen LogP contribution in [-0.4, -0.2) is 26.3 Å². The van der Waals surface area contributed by atoms with Crippen LogP contribution in [0.3, 0.4) is 0 Å². The Morgan fingerprint density at radius 3 is 2.33 bits per heavy atom. The van der Waals surface area contributed by atoms with Crippen LogP contribution < -0.4 is 5.32 Å². The molecule has 0 amide bonds. The van der Waals surface area contributed by atoms with Gasteiger partial charge in [0.1, 0.15) is 0 Å². The number of ether oxygens (including phenoxy) is 1. The molecule has 2 rings (SSSR count). The fourth-order valence-corrected chi connectivity index (χ4v) is 3.56. The maximum absolute atomic E-state index is 5.50. The van der Waals surface area contributed by atoms with Gasteiger partial charge in [0.05, 0.1) is 0 Å². The SMILES string of the molecule is CC(C)(C)C1(C2CCOCC2)CCNC1. The van der Waals surface area contributed by atoms with Gasteiger partial charge in [-0.1, -0.05) is 20.8 Å². The van der Waals surface area contributed by atoms with Crippen LogP contribution in [0, 0.1) is 16.7 Å². The van der Waals surface area contributed by atoms with Crippen LogP contribution in [0.2, 0.25) is 0 Å². The molecule has 0 radical (unpaired) electrons. The summed E-state index contributed by atoms with van der Waals surface area (Å²) in [4.78, 5) is 0.